The monoisotopic (exact) mass is 196 g/mol. The summed E-state index contributed by atoms with van der Waals surface area (Å²) in [4.78, 5) is 13.1. The van der Waals surface area contributed by atoms with Gasteiger partial charge in [-0.1, -0.05) is 0 Å². The molecule has 0 aliphatic heterocycles. The Morgan fingerprint density at radius 3 is 2.64 bits per heavy atom. The lowest BCUT2D eigenvalue weighted by atomic mass is 10.3. The van der Waals surface area contributed by atoms with Crippen molar-refractivity contribution in [1.29, 1.82) is 0 Å². The molecule has 1 aromatic rings. The second-order valence-corrected chi connectivity index (χ2v) is 3.25. The van der Waals surface area contributed by atoms with Gasteiger partial charge in [-0.15, -0.1) is 0 Å². The molecule has 0 aliphatic carbocycles. The molecule has 1 heterocycles. The molecule has 1 aromatic heterocycles. The first kappa shape index (κ1) is 10.6. The van der Waals surface area contributed by atoms with Crippen LogP contribution in [-0.4, -0.2) is 34.7 Å². The van der Waals surface area contributed by atoms with E-state index in [1.54, 1.807) is 11.9 Å². The first-order valence-electron chi connectivity index (χ1n) is 4.60. The molecule has 0 saturated carbocycles. The number of aryl methyl sites for hydroxylation is 2. The number of nitrogens with one attached hydrogen (secondary N) is 2. The first-order valence-corrected chi connectivity index (χ1v) is 4.60. The number of hydrogen-bond acceptors (Lipinski definition) is 2. The summed E-state index contributed by atoms with van der Waals surface area (Å²) in [5.74, 6) is 0. The van der Waals surface area contributed by atoms with Crippen LogP contribution in [0.5, 0.6) is 0 Å². The molecule has 0 fully saturated rings. The molecule has 0 aliphatic rings. The average molecular weight is 196 g/mol. The summed E-state index contributed by atoms with van der Waals surface area (Å²) < 4.78 is 0. The van der Waals surface area contributed by atoms with Crippen LogP contribution in [0.25, 0.3) is 0 Å². The van der Waals surface area contributed by atoms with E-state index in [1.807, 2.05) is 20.8 Å². The Morgan fingerprint density at radius 2 is 2.21 bits per heavy atom. The van der Waals surface area contributed by atoms with Gasteiger partial charge in [-0.3, -0.25) is 5.10 Å². The first-order chi connectivity index (χ1) is 6.56. The number of amides is 2. The van der Waals surface area contributed by atoms with E-state index < -0.39 is 0 Å². The zero-order chi connectivity index (χ0) is 10.7. The predicted octanol–water partition coefficient (Wildman–Crippen LogP) is 1.51. The third-order valence-corrected chi connectivity index (χ3v) is 2.18. The van der Waals surface area contributed by atoms with Gasteiger partial charge in [-0.25, -0.2) is 4.79 Å². The molecule has 1 rings (SSSR count). The Balaban J connectivity index is 2.74. The maximum Gasteiger partial charge on any atom is 0.321 e. The van der Waals surface area contributed by atoms with Gasteiger partial charge in [0.25, 0.3) is 0 Å². The minimum atomic E-state index is -0.111. The van der Waals surface area contributed by atoms with Crippen LogP contribution in [0.4, 0.5) is 10.5 Å². The number of anilines is 1. The Bertz CT molecular complexity index is 312. The summed E-state index contributed by atoms with van der Waals surface area (Å²) in [6.07, 6.45) is 0. The zero-order valence-corrected chi connectivity index (χ0v) is 9.01. The van der Waals surface area contributed by atoms with Crippen LogP contribution < -0.4 is 5.32 Å². The number of carbonyl (C=O) groups is 1. The van der Waals surface area contributed by atoms with E-state index >= 15 is 0 Å². The molecule has 0 radical (unpaired) electrons. The molecule has 0 bridgehead atoms. The van der Waals surface area contributed by atoms with Gasteiger partial charge in [0.05, 0.1) is 17.1 Å². The number of rotatable bonds is 2. The molecule has 0 atom stereocenters. The fourth-order valence-electron chi connectivity index (χ4n) is 1.08. The molecule has 5 nitrogen and oxygen atoms in total. The van der Waals surface area contributed by atoms with Crippen LogP contribution in [0.2, 0.25) is 0 Å². The largest absolute Gasteiger partial charge is 0.328 e. The van der Waals surface area contributed by atoms with Gasteiger partial charge in [0.15, 0.2) is 0 Å². The summed E-state index contributed by atoms with van der Waals surface area (Å²) in [6.45, 7) is 6.34. The second-order valence-electron chi connectivity index (χ2n) is 3.25. The fraction of sp³-hybridized carbons (Fsp3) is 0.556. The van der Waals surface area contributed by atoms with Crippen LogP contribution in [0.1, 0.15) is 18.3 Å². The number of urea groups is 1. The van der Waals surface area contributed by atoms with Crippen molar-refractivity contribution in [2.24, 2.45) is 0 Å². The molecular formula is C9H16N4O. The third kappa shape index (κ3) is 2.04. The third-order valence-electron chi connectivity index (χ3n) is 2.18. The highest BCUT2D eigenvalue weighted by Gasteiger charge is 2.11. The van der Waals surface area contributed by atoms with Gasteiger partial charge in [0, 0.05) is 13.6 Å². The van der Waals surface area contributed by atoms with Crippen molar-refractivity contribution < 1.29 is 4.79 Å². The van der Waals surface area contributed by atoms with Crippen molar-refractivity contribution in [1.82, 2.24) is 15.1 Å². The van der Waals surface area contributed by atoms with Crippen molar-refractivity contribution in [2.75, 3.05) is 18.9 Å². The average Bonchev–Trinajstić information content (AvgIpc) is 2.48. The van der Waals surface area contributed by atoms with Crippen LogP contribution in [0.15, 0.2) is 0 Å². The summed E-state index contributed by atoms with van der Waals surface area (Å²) in [6, 6.07) is -0.111. The fourth-order valence-corrected chi connectivity index (χ4v) is 1.08. The van der Waals surface area contributed by atoms with E-state index in [4.69, 9.17) is 0 Å². The summed E-state index contributed by atoms with van der Waals surface area (Å²) in [5, 5.41) is 9.61. The Kier molecular flexibility index (Phi) is 3.11. The Labute approximate surface area is 83.5 Å². The molecule has 14 heavy (non-hydrogen) atoms. The minimum Gasteiger partial charge on any atom is -0.328 e. The smallest absolute Gasteiger partial charge is 0.321 e. The van der Waals surface area contributed by atoms with E-state index in [9.17, 15) is 4.79 Å². The molecule has 2 N–H and O–H groups in total. The predicted molar refractivity (Wildman–Crippen MR) is 55.4 cm³/mol. The van der Waals surface area contributed by atoms with Crippen molar-refractivity contribution in [3.8, 4) is 0 Å². The molecule has 0 spiro atoms. The van der Waals surface area contributed by atoms with E-state index in [-0.39, 0.29) is 6.03 Å². The van der Waals surface area contributed by atoms with Crippen LogP contribution in [0, 0.1) is 13.8 Å². The van der Waals surface area contributed by atoms with Gasteiger partial charge in [0.1, 0.15) is 0 Å². The number of aromatic nitrogens is 2. The van der Waals surface area contributed by atoms with E-state index in [2.05, 4.69) is 15.5 Å². The number of carbonyl (C=O) groups excluding carboxylic acids is 1. The minimum absolute atomic E-state index is 0.111. The second kappa shape index (κ2) is 4.13. The summed E-state index contributed by atoms with van der Waals surface area (Å²) >= 11 is 0. The number of H-pyrrole nitrogens is 1. The van der Waals surface area contributed by atoms with Gasteiger partial charge in [0.2, 0.25) is 0 Å². The standard InChI is InChI=1S/C9H16N4O/c1-5-13(4)9(14)10-8-6(2)11-12-7(8)3/h5H2,1-4H3,(H,10,14)(H,11,12). The van der Waals surface area contributed by atoms with Crippen LogP contribution >= 0.6 is 0 Å². The molecule has 0 unspecified atom stereocenters. The zero-order valence-electron chi connectivity index (χ0n) is 9.01. The Hall–Kier alpha value is -1.52. The van der Waals surface area contributed by atoms with Crippen molar-refractivity contribution >= 4 is 11.7 Å². The highest BCUT2D eigenvalue weighted by atomic mass is 16.2. The van der Waals surface area contributed by atoms with Crippen LogP contribution in [0.3, 0.4) is 0 Å². The van der Waals surface area contributed by atoms with Gasteiger partial charge >= 0.3 is 6.03 Å². The highest BCUT2D eigenvalue weighted by molar-refractivity contribution is 5.90. The maximum absolute atomic E-state index is 11.5. The van der Waals surface area contributed by atoms with Gasteiger partial charge < -0.3 is 10.2 Å². The Morgan fingerprint density at radius 1 is 1.57 bits per heavy atom. The number of nitrogens with zero attached hydrogens (tertiary/aromatic N) is 2. The summed E-state index contributed by atoms with van der Waals surface area (Å²) in [5.41, 5.74) is 2.45. The van der Waals surface area contributed by atoms with Gasteiger partial charge in [-0.2, -0.15) is 5.10 Å². The molecule has 2 amide bonds. The van der Waals surface area contributed by atoms with E-state index in [0.717, 1.165) is 17.1 Å². The van der Waals surface area contributed by atoms with Crippen molar-refractivity contribution in [2.45, 2.75) is 20.8 Å². The lowest BCUT2D eigenvalue weighted by Gasteiger charge is -2.15. The quantitative estimate of drug-likeness (QED) is 0.753. The normalized spacial score (nSPS) is 10.0. The maximum atomic E-state index is 11.5. The van der Waals surface area contributed by atoms with Crippen LogP contribution in [-0.2, 0) is 0 Å². The molecule has 0 saturated heterocycles. The molecule has 78 valence electrons. The highest BCUT2D eigenvalue weighted by Crippen LogP contribution is 2.16. The van der Waals surface area contributed by atoms with Gasteiger partial charge in [-0.05, 0) is 20.8 Å². The molecular weight excluding hydrogens is 180 g/mol. The lowest BCUT2D eigenvalue weighted by molar-refractivity contribution is 0.224. The molecule has 5 heteroatoms. The topological polar surface area (TPSA) is 61.0 Å². The SMILES string of the molecule is CCN(C)C(=O)Nc1c(C)n[nH]c1C. The van der Waals surface area contributed by atoms with Crippen molar-refractivity contribution in [3.63, 3.8) is 0 Å². The molecule has 0 aromatic carbocycles. The number of aromatic amines is 1. The number of hydrogen-bond donors (Lipinski definition) is 2. The van der Waals surface area contributed by atoms with E-state index in [0.29, 0.717) is 6.54 Å². The summed E-state index contributed by atoms with van der Waals surface area (Å²) in [7, 11) is 1.75. The van der Waals surface area contributed by atoms with Crippen molar-refractivity contribution in [3.05, 3.63) is 11.4 Å². The van der Waals surface area contributed by atoms with E-state index in [1.165, 1.54) is 0 Å². The lowest BCUT2D eigenvalue weighted by Crippen LogP contribution is -2.31.